The van der Waals surface area contributed by atoms with Crippen molar-refractivity contribution in [3.05, 3.63) is 35.9 Å². The zero-order chi connectivity index (χ0) is 11.1. The number of rotatable bonds is 2. The van der Waals surface area contributed by atoms with Gasteiger partial charge in [0.25, 0.3) is 0 Å². The van der Waals surface area contributed by atoms with Crippen molar-refractivity contribution in [1.82, 2.24) is 0 Å². The van der Waals surface area contributed by atoms with Gasteiger partial charge in [0.1, 0.15) is 0 Å². The Labute approximate surface area is 90.3 Å². The van der Waals surface area contributed by atoms with Gasteiger partial charge in [-0.05, 0) is 18.1 Å². The summed E-state index contributed by atoms with van der Waals surface area (Å²) in [7, 11) is 0. The van der Waals surface area contributed by atoms with Crippen molar-refractivity contribution in [2.75, 3.05) is 6.61 Å². The molecule has 0 aliphatic heterocycles. The molecular formula is C13H14O2. The fourth-order valence-corrected chi connectivity index (χ4v) is 0.923. The summed E-state index contributed by atoms with van der Waals surface area (Å²) in [6, 6.07) is 9.36. The maximum Gasteiger partial charge on any atom is 0.384 e. The van der Waals surface area contributed by atoms with Crippen LogP contribution < -0.4 is 0 Å². The van der Waals surface area contributed by atoms with Gasteiger partial charge in [0.05, 0.1) is 6.61 Å². The SMILES string of the molecule is CC(C)COC(=O)C#Cc1ccccc1. The molecule has 2 heteroatoms. The van der Waals surface area contributed by atoms with E-state index in [0.717, 1.165) is 5.56 Å². The Morgan fingerprint density at radius 3 is 2.60 bits per heavy atom. The van der Waals surface area contributed by atoms with E-state index in [0.29, 0.717) is 12.5 Å². The van der Waals surface area contributed by atoms with Crippen molar-refractivity contribution in [3.63, 3.8) is 0 Å². The first kappa shape index (κ1) is 11.3. The van der Waals surface area contributed by atoms with Crippen LogP contribution in [-0.4, -0.2) is 12.6 Å². The van der Waals surface area contributed by atoms with E-state index in [-0.39, 0.29) is 0 Å². The molecule has 15 heavy (non-hydrogen) atoms. The Balaban J connectivity index is 2.48. The Kier molecular flexibility index (Phi) is 4.43. The Morgan fingerprint density at radius 1 is 1.33 bits per heavy atom. The van der Waals surface area contributed by atoms with Crippen LogP contribution in [0.15, 0.2) is 30.3 Å². The molecule has 0 spiro atoms. The van der Waals surface area contributed by atoms with Crippen LogP contribution in [0.1, 0.15) is 19.4 Å². The van der Waals surface area contributed by atoms with Gasteiger partial charge in [-0.1, -0.05) is 38.0 Å². The lowest BCUT2D eigenvalue weighted by molar-refractivity contribution is -0.137. The molecule has 0 amide bonds. The average molecular weight is 202 g/mol. The molecule has 0 fully saturated rings. The minimum atomic E-state index is -0.465. The van der Waals surface area contributed by atoms with Gasteiger partial charge in [-0.25, -0.2) is 4.79 Å². The Bertz CT molecular complexity index is 369. The van der Waals surface area contributed by atoms with Crippen molar-refractivity contribution in [3.8, 4) is 11.8 Å². The van der Waals surface area contributed by atoms with E-state index in [1.165, 1.54) is 0 Å². The van der Waals surface area contributed by atoms with Gasteiger partial charge in [0.2, 0.25) is 0 Å². The average Bonchev–Trinajstić information content (AvgIpc) is 2.25. The predicted octanol–water partition coefficient (Wildman–Crippen LogP) is 2.24. The highest BCUT2D eigenvalue weighted by atomic mass is 16.5. The van der Waals surface area contributed by atoms with Crippen molar-refractivity contribution in [2.45, 2.75) is 13.8 Å². The molecule has 0 aliphatic rings. The number of benzene rings is 1. The molecule has 0 unspecified atom stereocenters. The summed E-state index contributed by atoms with van der Waals surface area (Å²) in [6.45, 7) is 4.39. The number of esters is 1. The zero-order valence-electron chi connectivity index (χ0n) is 8.99. The van der Waals surface area contributed by atoms with E-state index in [2.05, 4.69) is 11.8 Å². The summed E-state index contributed by atoms with van der Waals surface area (Å²) in [5.41, 5.74) is 0.819. The first-order valence-electron chi connectivity index (χ1n) is 4.92. The van der Waals surface area contributed by atoms with Gasteiger partial charge in [-0.3, -0.25) is 0 Å². The molecule has 0 aliphatic carbocycles. The van der Waals surface area contributed by atoms with Gasteiger partial charge in [0.15, 0.2) is 0 Å². The molecule has 1 aromatic carbocycles. The third kappa shape index (κ3) is 4.87. The summed E-state index contributed by atoms with van der Waals surface area (Å²) in [5.74, 6) is 5.06. The van der Waals surface area contributed by atoms with Crippen LogP contribution in [0.3, 0.4) is 0 Å². The minimum Gasteiger partial charge on any atom is -0.456 e. The second kappa shape index (κ2) is 5.87. The summed E-state index contributed by atoms with van der Waals surface area (Å²) in [6.07, 6.45) is 0. The van der Waals surface area contributed by atoms with Gasteiger partial charge >= 0.3 is 5.97 Å². The van der Waals surface area contributed by atoms with Crippen molar-refractivity contribution in [2.24, 2.45) is 5.92 Å². The second-order valence-corrected chi connectivity index (χ2v) is 3.61. The first-order valence-corrected chi connectivity index (χ1v) is 4.92. The lowest BCUT2D eigenvalue weighted by Gasteiger charge is -2.02. The van der Waals surface area contributed by atoms with E-state index in [1.54, 1.807) is 0 Å². The summed E-state index contributed by atoms with van der Waals surface area (Å²) in [4.78, 5) is 11.1. The normalized spacial score (nSPS) is 9.27. The lowest BCUT2D eigenvalue weighted by atomic mass is 10.2. The van der Waals surface area contributed by atoms with Crippen molar-refractivity contribution in [1.29, 1.82) is 0 Å². The molecule has 0 aromatic heterocycles. The highest BCUT2D eigenvalue weighted by Crippen LogP contribution is 1.95. The van der Waals surface area contributed by atoms with Crippen LogP contribution in [0.25, 0.3) is 0 Å². The maximum absolute atomic E-state index is 11.1. The third-order valence-corrected chi connectivity index (χ3v) is 1.63. The van der Waals surface area contributed by atoms with E-state index in [9.17, 15) is 4.79 Å². The smallest absolute Gasteiger partial charge is 0.384 e. The molecule has 1 aromatic rings. The first-order chi connectivity index (χ1) is 7.18. The largest absolute Gasteiger partial charge is 0.456 e. The molecule has 0 radical (unpaired) electrons. The van der Waals surface area contributed by atoms with Gasteiger partial charge in [-0.2, -0.15) is 0 Å². The van der Waals surface area contributed by atoms with Crippen LogP contribution in [0.4, 0.5) is 0 Å². The maximum atomic E-state index is 11.1. The van der Waals surface area contributed by atoms with Crippen LogP contribution in [0, 0.1) is 17.8 Å². The number of carbonyl (C=O) groups is 1. The summed E-state index contributed by atoms with van der Waals surface area (Å²) in [5, 5.41) is 0. The van der Waals surface area contributed by atoms with Crippen LogP contribution >= 0.6 is 0 Å². The van der Waals surface area contributed by atoms with Crippen LogP contribution in [-0.2, 0) is 9.53 Å². The molecule has 0 saturated carbocycles. The molecular weight excluding hydrogens is 188 g/mol. The molecule has 0 N–H and O–H groups in total. The topological polar surface area (TPSA) is 26.3 Å². The number of ether oxygens (including phenoxy) is 1. The highest BCUT2D eigenvalue weighted by Gasteiger charge is 1.98. The van der Waals surface area contributed by atoms with Gasteiger partial charge in [-0.15, -0.1) is 0 Å². The minimum absolute atomic E-state index is 0.340. The van der Waals surface area contributed by atoms with E-state index >= 15 is 0 Å². The number of hydrogen-bond acceptors (Lipinski definition) is 2. The molecule has 0 heterocycles. The van der Waals surface area contributed by atoms with Crippen LogP contribution in [0.5, 0.6) is 0 Å². The van der Waals surface area contributed by atoms with Crippen molar-refractivity contribution >= 4 is 5.97 Å². The monoisotopic (exact) mass is 202 g/mol. The number of hydrogen-bond donors (Lipinski definition) is 0. The Morgan fingerprint density at radius 2 is 2.00 bits per heavy atom. The fourth-order valence-electron chi connectivity index (χ4n) is 0.923. The molecule has 0 saturated heterocycles. The zero-order valence-corrected chi connectivity index (χ0v) is 8.99. The molecule has 0 bridgehead atoms. The predicted molar refractivity (Wildman–Crippen MR) is 59.1 cm³/mol. The lowest BCUT2D eigenvalue weighted by Crippen LogP contribution is -2.07. The van der Waals surface area contributed by atoms with E-state index in [4.69, 9.17) is 4.74 Å². The number of carbonyl (C=O) groups excluding carboxylic acids is 1. The second-order valence-electron chi connectivity index (χ2n) is 3.61. The Hall–Kier alpha value is -1.75. The summed E-state index contributed by atoms with van der Waals surface area (Å²) < 4.78 is 4.91. The standard InChI is InChI=1S/C13H14O2/c1-11(2)10-15-13(14)9-8-12-6-4-3-5-7-12/h3-7,11H,10H2,1-2H3. The van der Waals surface area contributed by atoms with Gasteiger partial charge < -0.3 is 4.74 Å². The fraction of sp³-hybridized carbons (Fsp3) is 0.308. The molecule has 78 valence electrons. The third-order valence-electron chi connectivity index (χ3n) is 1.63. The highest BCUT2D eigenvalue weighted by molar-refractivity contribution is 5.89. The van der Waals surface area contributed by atoms with E-state index < -0.39 is 5.97 Å². The van der Waals surface area contributed by atoms with E-state index in [1.807, 2.05) is 44.2 Å². The summed E-state index contributed by atoms with van der Waals surface area (Å²) >= 11 is 0. The molecule has 1 rings (SSSR count). The molecule has 0 atom stereocenters. The molecule has 2 nitrogen and oxygen atoms in total. The van der Waals surface area contributed by atoms with Crippen molar-refractivity contribution < 1.29 is 9.53 Å². The van der Waals surface area contributed by atoms with Crippen LogP contribution in [0.2, 0.25) is 0 Å². The van der Waals surface area contributed by atoms with Gasteiger partial charge in [0, 0.05) is 11.5 Å². The quantitative estimate of drug-likeness (QED) is 0.543.